The third-order valence-corrected chi connectivity index (χ3v) is 7.21. The van der Waals surface area contributed by atoms with Crippen LogP contribution in [0.3, 0.4) is 0 Å². The summed E-state index contributed by atoms with van der Waals surface area (Å²) in [6.45, 7) is 1.65. The van der Waals surface area contributed by atoms with Crippen molar-refractivity contribution in [2.45, 2.75) is 8.23 Å². The molecule has 0 spiro atoms. The predicted molar refractivity (Wildman–Crippen MR) is 161 cm³/mol. The summed E-state index contributed by atoms with van der Waals surface area (Å²) in [5, 5.41) is 7.24. The van der Waals surface area contributed by atoms with Crippen LogP contribution in [0.2, 0.25) is 0 Å². The highest BCUT2D eigenvalue weighted by atomic mass is 127. The van der Waals surface area contributed by atoms with Gasteiger partial charge < -0.3 is 19.5 Å². The van der Waals surface area contributed by atoms with Crippen LogP contribution in [-0.4, -0.2) is 67.3 Å². The van der Waals surface area contributed by atoms with Crippen LogP contribution < -0.4 is 10.9 Å². The predicted octanol–water partition coefficient (Wildman–Crippen LogP) is 3.55. The fourth-order valence-electron chi connectivity index (χ4n) is 4.06. The first-order valence-corrected chi connectivity index (χ1v) is 14.3. The van der Waals surface area contributed by atoms with E-state index in [9.17, 15) is 14.4 Å². The summed E-state index contributed by atoms with van der Waals surface area (Å²) in [7, 11) is 0. The molecule has 4 aromatic rings. The number of carbonyl (C=O) groups excluding carboxylic acids is 2. The summed E-state index contributed by atoms with van der Waals surface area (Å²) in [6, 6.07) is 11.1. The number of aromatic nitrogens is 5. The maximum Gasteiger partial charge on any atom is 0.258 e. The summed E-state index contributed by atoms with van der Waals surface area (Å²) >= 11 is 3.39. The zero-order valence-corrected chi connectivity index (χ0v) is 25.2. The van der Waals surface area contributed by atoms with Crippen LogP contribution in [0.15, 0.2) is 72.0 Å². The molecule has 0 radical (unpaired) electrons. The van der Waals surface area contributed by atoms with Gasteiger partial charge in [0.1, 0.15) is 18.1 Å². The Labute approximate surface area is 255 Å². The highest BCUT2D eigenvalue weighted by Crippen LogP contribution is 2.42. The number of morpholine rings is 1. The lowest BCUT2D eigenvalue weighted by Crippen LogP contribution is -2.43. The second kappa shape index (κ2) is 12.1. The Kier molecular flexibility index (Phi) is 8.55. The van der Waals surface area contributed by atoms with Gasteiger partial charge in [-0.25, -0.2) is 14.1 Å². The zero-order chi connectivity index (χ0) is 28.3. The molecule has 11 nitrogen and oxygen atoms in total. The van der Waals surface area contributed by atoms with Crippen molar-refractivity contribution in [1.82, 2.24) is 29.2 Å². The van der Waals surface area contributed by atoms with Crippen molar-refractivity contribution in [3.8, 4) is 16.9 Å². The van der Waals surface area contributed by atoms with Gasteiger partial charge >= 0.3 is 0 Å². The highest BCUT2D eigenvalue weighted by Gasteiger charge is 2.30. The molecular formula is C26H22FI2N7O4. The number of alkyl halides is 3. The summed E-state index contributed by atoms with van der Waals surface area (Å²) < 4.78 is 21.2. The number of hydrogen-bond donors (Lipinski definition) is 1. The molecule has 14 heteroatoms. The van der Waals surface area contributed by atoms with Gasteiger partial charge in [0.05, 0.1) is 36.4 Å². The van der Waals surface area contributed by atoms with E-state index in [1.165, 1.54) is 33.8 Å². The van der Waals surface area contributed by atoms with E-state index < -0.39 is 13.1 Å². The highest BCUT2D eigenvalue weighted by molar-refractivity contribution is 14.2. The average Bonchev–Trinajstić information content (AvgIpc) is 3.42. The molecule has 0 atom stereocenters. The van der Waals surface area contributed by atoms with Crippen molar-refractivity contribution in [2.24, 2.45) is 0 Å². The number of nitrogens with zero attached hydrogens (tertiary/aromatic N) is 6. The lowest BCUT2D eigenvalue weighted by Gasteiger charge is -2.27. The molecule has 4 aromatic heterocycles. The molecule has 1 N–H and O–H groups in total. The lowest BCUT2D eigenvalue weighted by molar-refractivity contribution is -0.135. The first kappa shape index (κ1) is 28.3. The zero-order valence-electron chi connectivity index (χ0n) is 20.8. The van der Waals surface area contributed by atoms with Crippen LogP contribution >= 0.6 is 45.2 Å². The van der Waals surface area contributed by atoms with Gasteiger partial charge in [-0.2, -0.15) is 5.10 Å². The Balaban J connectivity index is 1.32. The molecule has 5 rings (SSSR count). The van der Waals surface area contributed by atoms with Gasteiger partial charge in [0.25, 0.3) is 13.1 Å². The van der Waals surface area contributed by atoms with Gasteiger partial charge in [0, 0.05) is 43.3 Å². The Bertz CT molecular complexity index is 1580. The number of nitrogens with one attached hydrogen (secondary N) is 1. The molecule has 1 aliphatic rings. The van der Waals surface area contributed by atoms with Crippen molar-refractivity contribution < 1.29 is 18.7 Å². The molecule has 40 heavy (non-hydrogen) atoms. The molecule has 1 aliphatic heterocycles. The molecule has 0 bridgehead atoms. The second-order valence-corrected chi connectivity index (χ2v) is 13.8. The van der Waals surface area contributed by atoms with Gasteiger partial charge in [-0.1, -0.05) is 0 Å². The third kappa shape index (κ3) is 6.55. The van der Waals surface area contributed by atoms with E-state index in [2.05, 4.69) is 20.4 Å². The fourth-order valence-corrected chi connectivity index (χ4v) is 4.83. The molecule has 0 unspecified atom stereocenters. The molecule has 1 fully saturated rings. The van der Waals surface area contributed by atoms with Crippen molar-refractivity contribution in [3.05, 3.63) is 88.9 Å². The Morgan fingerprint density at radius 3 is 2.58 bits per heavy atom. The van der Waals surface area contributed by atoms with Gasteiger partial charge in [0.15, 0.2) is 0 Å². The van der Waals surface area contributed by atoms with Crippen molar-refractivity contribution >= 4 is 62.8 Å². The molecule has 0 saturated carbocycles. The lowest BCUT2D eigenvalue weighted by atomic mass is 10.2. The standard InChI is InChI=1S/C26H22FI2N7O4/c27-26(28,29)21-12-20(17-2-1-7-30-13-17)33-36(21)19-4-5-22(31-14-19)32-25(39)18-3-6-23(37)35(15-18)16-24(38)34-8-10-40-11-9-34/h1-7,12-15H,8-11,16H2,(H,31,32,39). The Morgan fingerprint density at radius 1 is 1.10 bits per heavy atom. The van der Waals surface area contributed by atoms with E-state index in [1.807, 2.05) is 6.07 Å². The van der Waals surface area contributed by atoms with Crippen LogP contribution in [0.5, 0.6) is 0 Å². The number of halogens is 3. The molecule has 0 aromatic carbocycles. The third-order valence-electron chi connectivity index (χ3n) is 6.11. The normalized spacial score (nSPS) is 13.7. The average molecular weight is 769 g/mol. The Morgan fingerprint density at radius 2 is 1.90 bits per heavy atom. The van der Waals surface area contributed by atoms with Crippen LogP contribution in [0, 0.1) is 0 Å². The van der Waals surface area contributed by atoms with E-state index in [4.69, 9.17) is 4.74 Å². The van der Waals surface area contributed by atoms with Crippen LogP contribution in [0.25, 0.3) is 16.9 Å². The fraction of sp³-hybridized carbons (Fsp3) is 0.231. The maximum atomic E-state index is 15.0. The largest absolute Gasteiger partial charge is 0.378 e. The molecular weight excluding hydrogens is 747 g/mol. The van der Waals surface area contributed by atoms with Crippen LogP contribution in [-0.2, 0) is 17.8 Å². The van der Waals surface area contributed by atoms with E-state index >= 15 is 4.39 Å². The molecule has 1 saturated heterocycles. The number of pyridine rings is 3. The number of hydrogen-bond acceptors (Lipinski definition) is 7. The monoisotopic (exact) mass is 769 g/mol. The topological polar surface area (TPSA) is 124 Å². The van der Waals surface area contributed by atoms with E-state index in [-0.39, 0.29) is 23.8 Å². The van der Waals surface area contributed by atoms with Crippen molar-refractivity contribution in [1.29, 1.82) is 0 Å². The van der Waals surface area contributed by atoms with Crippen molar-refractivity contribution in [3.63, 3.8) is 0 Å². The van der Waals surface area contributed by atoms with E-state index in [0.717, 1.165) is 5.56 Å². The second-order valence-electron chi connectivity index (χ2n) is 8.80. The molecule has 0 aliphatic carbocycles. The minimum atomic E-state index is -1.75. The quantitative estimate of drug-likeness (QED) is 0.226. The van der Waals surface area contributed by atoms with Gasteiger partial charge in [-0.15, -0.1) is 0 Å². The maximum absolute atomic E-state index is 15.0. The summed E-state index contributed by atoms with van der Waals surface area (Å²) in [5.74, 6) is -0.485. The van der Waals surface area contributed by atoms with Crippen LogP contribution in [0.1, 0.15) is 16.1 Å². The first-order chi connectivity index (χ1) is 19.2. The summed E-state index contributed by atoms with van der Waals surface area (Å²) in [4.78, 5) is 47.8. The summed E-state index contributed by atoms with van der Waals surface area (Å²) in [6.07, 6.45) is 6.12. The summed E-state index contributed by atoms with van der Waals surface area (Å²) in [5.41, 5.74) is 1.89. The first-order valence-electron chi connectivity index (χ1n) is 12.1. The van der Waals surface area contributed by atoms with Crippen molar-refractivity contribution in [2.75, 3.05) is 31.6 Å². The molecule has 206 valence electrons. The minimum Gasteiger partial charge on any atom is -0.378 e. The van der Waals surface area contributed by atoms with Gasteiger partial charge in [0.2, 0.25) is 5.91 Å². The minimum absolute atomic E-state index is 0.177. The smallest absolute Gasteiger partial charge is 0.258 e. The number of carbonyl (C=O) groups is 2. The number of ether oxygens (including phenoxy) is 1. The Hall–Kier alpha value is -3.25. The molecule has 5 heterocycles. The van der Waals surface area contributed by atoms with Crippen LogP contribution in [0.4, 0.5) is 10.2 Å². The molecule has 2 amide bonds. The van der Waals surface area contributed by atoms with E-state index in [0.29, 0.717) is 43.4 Å². The van der Waals surface area contributed by atoms with Gasteiger partial charge in [-0.05, 0) is 81.6 Å². The number of rotatable bonds is 7. The van der Waals surface area contributed by atoms with E-state index in [1.54, 1.807) is 86.7 Å². The number of amides is 2. The van der Waals surface area contributed by atoms with Gasteiger partial charge in [-0.3, -0.25) is 19.4 Å². The SMILES string of the molecule is O=C(Nc1ccc(-n2nc(-c3cccnc3)cc2C(F)(I)I)cn1)c1ccc(=O)n(CC(=O)N2CCOCC2)c1. The number of anilines is 1.